The Morgan fingerprint density at radius 1 is 1.23 bits per heavy atom. The van der Waals surface area contributed by atoms with Crippen LogP contribution in [0.4, 0.5) is 4.79 Å². The average Bonchev–Trinajstić information content (AvgIpc) is 2.88. The zero-order chi connectivity index (χ0) is 15.6. The molecular formula is C17H28N2O3. The molecule has 22 heavy (non-hydrogen) atoms. The van der Waals surface area contributed by atoms with E-state index >= 15 is 0 Å². The summed E-state index contributed by atoms with van der Waals surface area (Å²) in [5, 5.41) is 0. The number of carbonyl (C=O) groups excluding carboxylic acids is 2. The van der Waals surface area contributed by atoms with E-state index in [-0.39, 0.29) is 17.6 Å². The topological polar surface area (TPSA) is 49.9 Å². The van der Waals surface area contributed by atoms with Gasteiger partial charge in [-0.2, -0.15) is 0 Å². The van der Waals surface area contributed by atoms with Crippen molar-refractivity contribution in [3.63, 3.8) is 0 Å². The SMILES string of the molecule is CC1COC(=O)N1CC1(C2CCCCC2)CCN(C=O)CC1. The van der Waals surface area contributed by atoms with Gasteiger partial charge in [0.2, 0.25) is 6.41 Å². The maximum Gasteiger partial charge on any atom is 0.410 e. The van der Waals surface area contributed by atoms with Gasteiger partial charge in [-0.3, -0.25) is 4.79 Å². The maximum absolute atomic E-state index is 12.0. The zero-order valence-electron chi connectivity index (χ0n) is 13.6. The van der Waals surface area contributed by atoms with Crippen LogP contribution in [0, 0.1) is 11.3 Å². The lowest BCUT2D eigenvalue weighted by Gasteiger charge is -2.49. The Bertz CT molecular complexity index is 412. The molecule has 0 radical (unpaired) electrons. The molecule has 3 fully saturated rings. The summed E-state index contributed by atoms with van der Waals surface area (Å²) in [4.78, 5) is 26.9. The number of piperidine rings is 1. The van der Waals surface area contributed by atoms with Gasteiger partial charge in [0.25, 0.3) is 0 Å². The first kappa shape index (κ1) is 15.6. The van der Waals surface area contributed by atoms with Crippen molar-refractivity contribution in [1.82, 2.24) is 9.80 Å². The molecule has 3 aliphatic rings. The van der Waals surface area contributed by atoms with Crippen LogP contribution in [0.15, 0.2) is 0 Å². The summed E-state index contributed by atoms with van der Waals surface area (Å²) in [7, 11) is 0. The summed E-state index contributed by atoms with van der Waals surface area (Å²) < 4.78 is 5.21. The normalized spacial score (nSPS) is 29.5. The molecule has 2 saturated heterocycles. The van der Waals surface area contributed by atoms with E-state index in [1.807, 2.05) is 9.80 Å². The number of hydrogen-bond acceptors (Lipinski definition) is 3. The van der Waals surface area contributed by atoms with Gasteiger partial charge in [0.05, 0.1) is 6.04 Å². The van der Waals surface area contributed by atoms with E-state index in [9.17, 15) is 9.59 Å². The molecule has 0 aromatic rings. The summed E-state index contributed by atoms with van der Waals surface area (Å²) in [6.45, 7) is 5.05. The summed E-state index contributed by atoms with van der Waals surface area (Å²) >= 11 is 0. The van der Waals surface area contributed by atoms with Crippen molar-refractivity contribution in [1.29, 1.82) is 0 Å². The fourth-order valence-corrected chi connectivity index (χ4v) is 4.59. The highest BCUT2D eigenvalue weighted by molar-refractivity contribution is 5.70. The molecule has 1 aliphatic carbocycles. The molecule has 0 aromatic carbocycles. The van der Waals surface area contributed by atoms with Crippen molar-refractivity contribution in [3.8, 4) is 0 Å². The number of rotatable bonds is 4. The van der Waals surface area contributed by atoms with E-state index in [1.54, 1.807) is 0 Å². The molecule has 0 N–H and O–H groups in total. The molecule has 5 heteroatoms. The molecule has 2 aliphatic heterocycles. The summed E-state index contributed by atoms with van der Waals surface area (Å²) in [6.07, 6.45) is 9.37. The first-order valence-corrected chi connectivity index (χ1v) is 8.77. The third-order valence-electron chi connectivity index (χ3n) is 6.11. The highest BCUT2D eigenvalue weighted by Crippen LogP contribution is 2.46. The van der Waals surface area contributed by atoms with Crippen LogP contribution in [-0.4, -0.2) is 54.6 Å². The summed E-state index contributed by atoms with van der Waals surface area (Å²) in [5.74, 6) is 0.690. The highest BCUT2D eigenvalue weighted by atomic mass is 16.6. The van der Waals surface area contributed by atoms with Crippen LogP contribution < -0.4 is 0 Å². The minimum atomic E-state index is -0.152. The molecule has 3 rings (SSSR count). The highest BCUT2D eigenvalue weighted by Gasteiger charge is 2.45. The molecule has 0 aromatic heterocycles. The van der Waals surface area contributed by atoms with Gasteiger partial charge in [0, 0.05) is 19.6 Å². The Morgan fingerprint density at radius 2 is 1.91 bits per heavy atom. The third kappa shape index (κ3) is 2.95. The van der Waals surface area contributed by atoms with Crippen LogP contribution in [0.5, 0.6) is 0 Å². The van der Waals surface area contributed by atoms with Crippen molar-refractivity contribution in [2.75, 3.05) is 26.2 Å². The molecule has 0 bridgehead atoms. The minimum Gasteiger partial charge on any atom is -0.447 e. The molecule has 1 unspecified atom stereocenters. The number of amides is 2. The second-order valence-corrected chi connectivity index (χ2v) is 7.39. The van der Waals surface area contributed by atoms with Crippen molar-refractivity contribution in [2.24, 2.45) is 11.3 Å². The van der Waals surface area contributed by atoms with E-state index in [4.69, 9.17) is 4.74 Å². The zero-order valence-corrected chi connectivity index (χ0v) is 13.6. The Balaban J connectivity index is 1.76. The maximum atomic E-state index is 12.0. The van der Waals surface area contributed by atoms with Crippen LogP contribution in [0.25, 0.3) is 0 Å². The predicted molar refractivity (Wildman–Crippen MR) is 83.4 cm³/mol. The minimum absolute atomic E-state index is 0.152. The molecular weight excluding hydrogens is 280 g/mol. The fraction of sp³-hybridized carbons (Fsp3) is 0.882. The van der Waals surface area contributed by atoms with Gasteiger partial charge in [-0.25, -0.2) is 4.79 Å². The van der Waals surface area contributed by atoms with Gasteiger partial charge < -0.3 is 14.5 Å². The summed E-state index contributed by atoms with van der Waals surface area (Å²) in [6, 6.07) is 0.178. The Kier molecular flexibility index (Phi) is 4.59. The lowest BCUT2D eigenvalue weighted by molar-refractivity contribution is -0.121. The second-order valence-electron chi connectivity index (χ2n) is 7.39. The van der Waals surface area contributed by atoms with E-state index in [2.05, 4.69) is 6.92 Å². The van der Waals surface area contributed by atoms with Crippen molar-refractivity contribution >= 4 is 12.5 Å². The monoisotopic (exact) mass is 308 g/mol. The lowest BCUT2D eigenvalue weighted by Crippen LogP contribution is -2.51. The van der Waals surface area contributed by atoms with Crippen molar-refractivity contribution < 1.29 is 14.3 Å². The van der Waals surface area contributed by atoms with Crippen LogP contribution in [0.2, 0.25) is 0 Å². The standard InChI is InChI=1S/C17H28N2O3/c1-14-11-22-16(21)19(14)12-17(15-5-3-2-4-6-15)7-9-18(13-20)10-8-17/h13-15H,2-12H2,1H3. The number of carbonyl (C=O) groups is 2. The van der Waals surface area contributed by atoms with Gasteiger partial charge in [-0.1, -0.05) is 19.3 Å². The Hall–Kier alpha value is -1.26. The molecule has 5 nitrogen and oxygen atoms in total. The van der Waals surface area contributed by atoms with Crippen molar-refractivity contribution in [2.45, 2.75) is 57.9 Å². The van der Waals surface area contributed by atoms with Crippen LogP contribution in [0.3, 0.4) is 0 Å². The largest absolute Gasteiger partial charge is 0.447 e. The number of ether oxygens (including phenoxy) is 1. The van der Waals surface area contributed by atoms with Gasteiger partial charge >= 0.3 is 6.09 Å². The van der Waals surface area contributed by atoms with Gasteiger partial charge in [-0.15, -0.1) is 0 Å². The number of hydrogen-bond donors (Lipinski definition) is 0. The van der Waals surface area contributed by atoms with E-state index in [0.29, 0.717) is 12.5 Å². The Morgan fingerprint density at radius 3 is 2.45 bits per heavy atom. The number of likely N-dealkylation sites (tertiary alicyclic amines) is 1. The fourth-order valence-electron chi connectivity index (χ4n) is 4.59. The molecule has 2 amide bonds. The van der Waals surface area contributed by atoms with Crippen LogP contribution in [-0.2, 0) is 9.53 Å². The van der Waals surface area contributed by atoms with Gasteiger partial charge in [-0.05, 0) is 43.9 Å². The van der Waals surface area contributed by atoms with Gasteiger partial charge in [0.1, 0.15) is 6.61 Å². The predicted octanol–water partition coefficient (Wildman–Crippen LogP) is 2.65. The lowest BCUT2D eigenvalue weighted by atomic mass is 9.63. The second kappa shape index (κ2) is 6.47. The van der Waals surface area contributed by atoms with E-state index < -0.39 is 0 Å². The molecule has 1 atom stereocenters. The van der Waals surface area contributed by atoms with E-state index in [0.717, 1.165) is 38.9 Å². The molecule has 0 spiro atoms. The smallest absolute Gasteiger partial charge is 0.410 e. The molecule has 1 saturated carbocycles. The molecule has 124 valence electrons. The Labute approximate surface area is 133 Å². The molecule has 2 heterocycles. The van der Waals surface area contributed by atoms with E-state index in [1.165, 1.54) is 32.1 Å². The summed E-state index contributed by atoms with van der Waals surface area (Å²) in [5.41, 5.74) is 0.178. The average molecular weight is 308 g/mol. The first-order valence-electron chi connectivity index (χ1n) is 8.77. The quantitative estimate of drug-likeness (QED) is 0.750. The van der Waals surface area contributed by atoms with Crippen LogP contribution >= 0.6 is 0 Å². The van der Waals surface area contributed by atoms with Crippen molar-refractivity contribution in [3.05, 3.63) is 0 Å². The third-order valence-corrected chi connectivity index (χ3v) is 6.11. The van der Waals surface area contributed by atoms with Crippen LogP contribution in [0.1, 0.15) is 51.9 Å². The number of nitrogens with zero attached hydrogens (tertiary/aromatic N) is 2. The first-order chi connectivity index (χ1) is 10.6. The van der Waals surface area contributed by atoms with Gasteiger partial charge in [0.15, 0.2) is 0 Å². The number of cyclic esters (lactones) is 1.